The molecule has 8 nitrogen and oxygen atoms in total. The van der Waals surface area contributed by atoms with E-state index in [4.69, 9.17) is 10.2 Å². The van der Waals surface area contributed by atoms with Crippen molar-refractivity contribution in [2.75, 3.05) is 27.2 Å². The molecular formula is C20H26F6N2O6S. The van der Waals surface area contributed by atoms with Gasteiger partial charge in [-0.05, 0) is 37.4 Å². The third kappa shape index (κ3) is 8.24. The molecule has 0 aliphatic rings. The lowest BCUT2D eigenvalue weighted by Gasteiger charge is -2.18. The maximum absolute atomic E-state index is 12.7. The van der Waals surface area contributed by atoms with Crippen LogP contribution < -0.4 is 10.6 Å². The second kappa shape index (κ2) is 12.9. The minimum Gasteiger partial charge on any atom is -0.504 e. The van der Waals surface area contributed by atoms with Crippen LogP contribution in [0.5, 0.6) is 23.0 Å². The van der Waals surface area contributed by atoms with Gasteiger partial charge in [-0.25, -0.2) is 0 Å². The van der Waals surface area contributed by atoms with Crippen molar-refractivity contribution in [3.63, 3.8) is 0 Å². The van der Waals surface area contributed by atoms with Crippen LogP contribution in [-0.2, 0) is 12.4 Å². The molecule has 200 valence electrons. The number of alkyl halides is 6. The number of benzene rings is 2. The summed E-state index contributed by atoms with van der Waals surface area (Å²) in [6.45, 7) is -0.208. The number of hydrogen-bond donors (Lipinski definition) is 8. The van der Waals surface area contributed by atoms with Crippen molar-refractivity contribution in [2.45, 2.75) is 24.6 Å². The van der Waals surface area contributed by atoms with Gasteiger partial charge in [-0.15, -0.1) is 0 Å². The zero-order valence-corrected chi connectivity index (χ0v) is 19.3. The van der Waals surface area contributed by atoms with Gasteiger partial charge in [0.1, 0.15) is 11.1 Å². The van der Waals surface area contributed by atoms with Gasteiger partial charge in [-0.2, -0.15) is 39.8 Å². The molecule has 0 aliphatic carbocycles. The lowest BCUT2D eigenvalue weighted by Crippen LogP contribution is -2.20. The first-order valence-electron chi connectivity index (χ1n) is 9.47. The van der Waals surface area contributed by atoms with Crippen molar-refractivity contribution in [1.82, 2.24) is 10.6 Å². The number of aliphatic hydroxyl groups is 2. The summed E-state index contributed by atoms with van der Waals surface area (Å²) in [5.74, 6) is -4.30. The van der Waals surface area contributed by atoms with Crippen LogP contribution in [0.3, 0.4) is 0 Å². The van der Waals surface area contributed by atoms with E-state index in [-0.39, 0.29) is 26.6 Å². The van der Waals surface area contributed by atoms with Gasteiger partial charge in [0, 0.05) is 13.1 Å². The van der Waals surface area contributed by atoms with Gasteiger partial charge in [-0.1, -0.05) is 12.1 Å². The smallest absolute Gasteiger partial charge is 0.420 e. The molecule has 0 spiro atoms. The SMILES string of the molecule is CNC[C@@H](O)c1ccc(O)c(O)c1C(F)(F)F.CNC[C@H](O)c1ccc(O)c(O)c1C(F)(F)F.S. The van der Waals surface area contributed by atoms with Gasteiger partial charge in [0.2, 0.25) is 0 Å². The number of hydrogen-bond acceptors (Lipinski definition) is 8. The number of phenolic OH excluding ortho intramolecular Hbond substituents is 4. The highest BCUT2D eigenvalue weighted by molar-refractivity contribution is 7.59. The molecule has 0 unspecified atom stereocenters. The summed E-state index contributed by atoms with van der Waals surface area (Å²) in [5, 5.41) is 60.6. The van der Waals surface area contributed by atoms with Crippen LogP contribution >= 0.6 is 13.5 Å². The first-order valence-corrected chi connectivity index (χ1v) is 9.47. The summed E-state index contributed by atoms with van der Waals surface area (Å²) in [5.41, 5.74) is -3.80. The monoisotopic (exact) mass is 536 g/mol. The fourth-order valence-electron chi connectivity index (χ4n) is 2.95. The molecule has 2 aromatic rings. The van der Waals surface area contributed by atoms with Gasteiger partial charge in [0.15, 0.2) is 23.0 Å². The van der Waals surface area contributed by atoms with Crippen LogP contribution in [0.15, 0.2) is 24.3 Å². The molecule has 2 rings (SSSR count). The highest BCUT2D eigenvalue weighted by Crippen LogP contribution is 2.45. The number of likely N-dealkylation sites (N-methyl/N-ethyl adjacent to an activating group) is 2. The molecule has 0 aromatic heterocycles. The molecule has 2 atom stereocenters. The molecule has 35 heavy (non-hydrogen) atoms. The maximum Gasteiger partial charge on any atom is 0.420 e. The first kappa shape index (κ1) is 32.4. The normalized spacial score (nSPS) is 13.3. The third-order valence-corrected chi connectivity index (χ3v) is 4.46. The number of aromatic hydroxyl groups is 4. The Balaban J connectivity index is 0.000000642. The van der Waals surface area contributed by atoms with E-state index in [1.165, 1.54) is 14.1 Å². The van der Waals surface area contributed by atoms with Crippen molar-refractivity contribution in [2.24, 2.45) is 0 Å². The van der Waals surface area contributed by atoms with Gasteiger partial charge in [0.25, 0.3) is 0 Å². The van der Waals surface area contributed by atoms with Gasteiger partial charge in [-0.3, -0.25) is 0 Å². The van der Waals surface area contributed by atoms with E-state index in [9.17, 15) is 46.8 Å². The van der Waals surface area contributed by atoms with Crippen LogP contribution in [0.2, 0.25) is 0 Å². The number of phenols is 4. The summed E-state index contributed by atoms with van der Waals surface area (Å²) in [4.78, 5) is 0. The molecule has 0 radical (unpaired) electrons. The van der Waals surface area contributed by atoms with E-state index < -0.39 is 69.8 Å². The minimum absolute atomic E-state index is 0. The average Bonchev–Trinajstić information content (AvgIpc) is 2.70. The Bertz CT molecular complexity index is 897. The molecule has 2 aromatic carbocycles. The zero-order valence-electron chi connectivity index (χ0n) is 18.3. The molecule has 0 heterocycles. The number of rotatable bonds is 6. The van der Waals surface area contributed by atoms with E-state index in [1.807, 2.05) is 0 Å². The topological polar surface area (TPSA) is 145 Å². The van der Waals surface area contributed by atoms with Gasteiger partial charge >= 0.3 is 12.4 Å². The van der Waals surface area contributed by atoms with Crippen molar-refractivity contribution >= 4 is 13.5 Å². The Hall–Kier alpha value is -2.59. The Morgan fingerprint density at radius 1 is 0.657 bits per heavy atom. The molecule has 0 fully saturated rings. The predicted octanol–water partition coefficient (Wildman–Crippen LogP) is 2.85. The summed E-state index contributed by atoms with van der Waals surface area (Å²) in [6, 6.07) is 3.66. The molecule has 0 amide bonds. The second-order valence-electron chi connectivity index (χ2n) is 6.94. The Labute approximate surface area is 202 Å². The summed E-state index contributed by atoms with van der Waals surface area (Å²) >= 11 is 0. The second-order valence-corrected chi connectivity index (χ2v) is 6.94. The average molecular weight is 536 g/mol. The number of aliphatic hydroxyl groups excluding tert-OH is 2. The van der Waals surface area contributed by atoms with Crippen LogP contribution in [0.25, 0.3) is 0 Å². The molecule has 0 saturated heterocycles. The van der Waals surface area contributed by atoms with Crippen LogP contribution in [0, 0.1) is 0 Å². The highest BCUT2D eigenvalue weighted by atomic mass is 32.1. The molecule has 8 N–H and O–H groups in total. The maximum atomic E-state index is 12.7. The molecule has 0 aliphatic heterocycles. The van der Waals surface area contributed by atoms with Crippen LogP contribution in [0.1, 0.15) is 34.5 Å². The van der Waals surface area contributed by atoms with Crippen molar-refractivity contribution < 1.29 is 57.0 Å². The van der Waals surface area contributed by atoms with E-state index in [2.05, 4.69) is 10.6 Å². The Morgan fingerprint density at radius 3 is 1.17 bits per heavy atom. The first-order chi connectivity index (χ1) is 15.6. The lowest BCUT2D eigenvalue weighted by atomic mass is 10.00. The fourth-order valence-corrected chi connectivity index (χ4v) is 2.95. The molecular weight excluding hydrogens is 510 g/mol. The highest BCUT2D eigenvalue weighted by Gasteiger charge is 2.40. The predicted molar refractivity (Wildman–Crippen MR) is 118 cm³/mol. The Kier molecular flexibility index (Phi) is 12.0. The number of halogens is 6. The van der Waals surface area contributed by atoms with Crippen molar-refractivity contribution in [3.8, 4) is 23.0 Å². The van der Waals surface area contributed by atoms with Gasteiger partial charge < -0.3 is 41.3 Å². The third-order valence-electron chi connectivity index (χ3n) is 4.46. The summed E-state index contributed by atoms with van der Waals surface area (Å²) < 4.78 is 76.1. The van der Waals surface area contributed by atoms with E-state index in [0.29, 0.717) is 0 Å². The van der Waals surface area contributed by atoms with E-state index in [0.717, 1.165) is 24.3 Å². The lowest BCUT2D eigenvalue weighted by molar-refractivity contribution is -0.141. The van der Waals surface area contributed by atoms with Crippen LogP contribution in [-0.4, -0.2) is 57.8 Å². The van der Waals surface area contributed by atoms with E-state index >= 15 is 0 Å². The van der Waals surface area contributed by atoms with E-state index in [1.54, 1.807) is 0 Å². The largest absolute Gasteiger partial charge is 0.504 e. The molecule has 0 saturated carbocycles. The number of nitrogens with one attached hydrogen (secondary N) is 2. The summed E-state index contributed by atoms with van der Waals surface area (Å²) in [7, 11) is 2.94. The van der Waals surface area contributed by atoms with Gasteiger partial charge in [0.05, 0.1) is 12.2 Å². The zero-order chi connectivity index (χ0) is 26.4. The quantitative estimate of drug-likeness (QED) is 0.208. The Morgan fingerprint density at radius 2 is 0.943 bits per heavy atom. The van der Waals surface area contributed by atoms with Crippen molar-refractivity contribution in [1.29, 1.82) is 0 Å². The molecule has 0 bridgehead atoms. The summed E-state index contributed by atoms with van der Waals surface area (Å²) in [6.07, 6.45) is -12.6. The van der Waals surface area contributed by atoms with Crippen LogP contribution in [0.4, 0.5) is 26.3 Å². The van der Waals surface area contributed by atoms with Crippen molar-refractivity contribution in [3.05, 3.63) is 46.5 Å². The standard InChI is InChI=1S/2C10H12F3NO3.H2S/c2*1-14-4-7(16)5-2-3-6(15)9(17)8(5)10(11,12)13;/h2*2-3,7,14-17H,4H2,1H3;1H2/t2*7-;/m10./s1. The fraction of sp³-hybridized carbons (Fsp3) is 0.400. The minimum atomic E-state index is -4.85. The molecule has 15 heteroatoms.